The van der Waals surface area contributed by atoms with Crippen molar-refractivity contribution in [3.05, 3.63) is 47.5 Å². The minimum absolute atomic E-state index is 0. The summed E-state index contributed by atoms with van der Waals surface area (Å²) >= 11 is 0. The molecule has 0 heterocycles. The summed E-state index contributed by atoms with van der Waals surface area (Å²) in [5, 5.41) is 0. The molecule has 0 radical (unpaired) electrons. The van der Waals surface area contributed by atoms with Crippen molar-refractivity contribution in [1.29, 1.82) is 0 Å². The highest BCUT2D eigenvalue weighted by Crippen LogP contribution is 2.26. The summed E-state index contributed by atoms with van der Waals surface area (Å²) < 4.78 is 8.88. The van der Waals surface area contributed by atoms with Gasteiger partial charge >= 0.3 is 7.82 Å². The van der Waals surface area contributed by atoms with Gasteiger partial charge in [-0.25, -0.2) is 4.57 Å². The lowest BCUT2D eigenvalue weighted by Crippen LogP contribution is -2.10. The van der Waals surface area contributed by atoms with Crippen molar-refractivity contribution in [3.63, 3.8) is 0 Å². The third-order valence-corrected chi connectivity index (χ3v) is 2.38. The standard InChI is InChI=1S/C11H12.H3N.H3O4P/c1-2-4-9-5-3-6-10-7-8-11(9)10;;1-5(2,3)4/h2-3,5-6H,1,4,7-8H2;1H3;(H3,1,2,3,4). The van der Waals surface area contributed by atoms with E-state index in [0.29, 0.717) is 0 Å². The molecule has 0 saturated carbocycles. The zero-order valence-corrected chi connectivity index (χ0v) is 10.4. The quantitative estimate of drug-likeness (QED) is 0.477. The molecule has 2 rings (SSSR count). The van der Waals surface area contributed by atoms with E-state index >= 15 is 0 Å². The van der Waals surface area contributed by atoms with Crippen LogP contribution in [0.2, 0.25) is 0 Å². The highest BCUT2D eigenvalue weighted by atomic mass is 31.2. The van der Waals surface area contributed by atoms with Gasteiger partial charge in [-0.2, -0.15) is 0 Å². The molecular weight excluding hydrogens is 241 g/mol. The molecule has 0 atom stereocenters. The second-order valence-electron chi connectivity index (χ2n) is 3.56. The summed E-state index contributed by atoms with van der Waals surface area (Å²) in [7, 11) is -4.64. The Hall–Kier alpha value is -0.970. The summed E-state index contributed by atoms with van der Waals surface area (Å²) in [5.41, 5.74) is 4.60. The molecule has 1 aromatic carbocycles. The molecule has 1 aliphatic carbocycles. The minimum atomic E-state index is -4.64. The van der Waals surface area contributed by atoms with Crippen LogP contribution in [0.1, 0.15) is 16.7 Å². The highest BCUT2D eigenvalue weighted by Gasteiger charge is 2.14. The Morgan fingerprint density at radius 1 is 1.29 bits per heavy atom. The summed E-state index contributed by atoms with van der Waals surface area (Å²) in [5.74, 6) is 0. The third-order valence-electron chi connectivity index (χ3n) is 2.38. The number of fused-ring (bicyclic) bond motifs is 1. The van der Waals surface area contributed by atoms with E-state index in [1.165, 1.54) is 18.4 Å². The van der Waals surface area contributed by atoms with Crippen LogP contribution in [0.4, 0.5) is 0 Å². The van der Waals surface area contributed by atoms with E-state index in [1.54, 1.807) is 11.1 Å². The van der Waals surface area contributed by atoms with Crippen molar-refractivity contribution in [3.8, 4) is 0 Å². The molecule has 6 heteroatoms. The van der Waals surface area contributed by atoms with E-state index in [-0.39, 0.29) is 6.15 Å². The van der Waals surface area contributed by atoms with Crippen molar-refractivity contribution >= 4 is 7.82 Å². The lowest BCUT2D eigenvalue weighted by Gasteiger charge is -2.21. The van der Waals surface area contributed by atoms with Crippen LogP contribution in [0.15, 0.2) is 30.9 Å². The fraction of sp³-hybridized carbons (Fsp3) is 0.273. The van der Waals surface area contributed by atoms with Gasteiger partial charge in [0.15, 0.2) is 0 Å². The SMILES string of the molecule is C=CCc1cccc2c1CC2.N.O=P(O)(O)O. The van der Waals surface area contributed by atoms with Crippen molar-refractivity contribution in [2.24, 2.45) is 0 Å². The Morgan fingerprint density at radius 2 is 1.88 bits per heavy atom. The maximum atomic E-state index is 8.88. The van der Waals surface area contributed by atoms with Crippen molar-refractivity contribution in [2.45, 2.75) is 19.3 Å². The number of rotatable bonds is 2. The average molecular weight is 259 g/mol. The Balaban J connectivity index is 0.000000373. The molecule has 1 aromatic rings. The first-order valence-corrected chi connectivity index (χ1v) is 6.47. The lowest BCUT2D eigenvalue weighted by atomic mass is 9.84. The lowest BCUT2D eigenvalue weighted by molar-refractivity contribution is 0.275. The van der Waals surface area contributed by atoms with E-state index in [1.807, 2.05) is 6.08 Å². The van der Waals surface area contributed by atoms with E-state index < -0.39 is 7.82 Å². The molecule has 1 aliphatic rings. The van der Waals surface area contributed by atoms with Crippen molar-refractivity contribution in [2.75, 3.05) is 0 Å². The van der Waals surface area contributed by atoms with Gasteiger partial charge in [0.2, 0.25) is 0 Å². The number of hydrogen-bond acceptors (Lipinski definition) is 2. The van der Waals surface area contributed by atoms with Crippen LogP contribution < -0.4 is 6.15 Å². The van der Waals surface area contributed by atoms with Gasteiger partial charge < -0.3 is 20.8 Å². The van der Waals surface area contributed by atoms with Crippen molar-refractivity contribution < 1.29 is 19.2 Å². The van der Waals surface area contributed by atoms with Gasteiger partial charge in [0.1, 0.15) is 0 Å². The number of benzene rings is 1. The zero-order chi connectivity index (χ0) is 12.2. The Morgan fingerprint density at radius 3 is 2.29 bits per heavy atom. The number of hydrogen-bond donors (Lipinski definition) is 4. The van der Waals surface area contributed by atoms with Crippen LogP contribution >= 0.6 is 7.82 Å². The number of phosphoric acid groups is 1. The summed E-state index contributed by atoms with van der Waals surface area (Å²) in [6.45, 7) is 3.75. The third kappa shape index (κ3) is 5.77. The zero-order valence-electron chi connectivity index (χ0n) is 9.54. The van der Waals surface area contributed by atoms with Crippen LogP contribution in [0.5, 0.6) is 0 Å². The minimum Gasteiger partial charge on any atom is -0.344 e. The number of aryl methyl sites for hydroxylation is 1. The Bertz CT molecular complexity index is 419. The Labute approximate surface area is 101 Å². The second kappa shape index (κ2) is 6.69. The first kappa shape index (κ1) is 16.0. The van der Waals surface area contributed by atoms with Gasteiger partial charge in [0.05, 0.1) is 0 Å². The molecule has 0 aromatic heterocycles. The molecule has 0 aliphatic heterocycles. The van der Waals surface area contributed by atoms with Crippen LogP contribution in [-0.2, 0) is 23.8 Å². The normalized spacial score (nSPS) is 12.2. The maximum absolute atomic E-state index is 8.88. The molecule has 0 bridgehead atoms. The van der Waals surface area contributed by atoms with Crippen LogP contribution in [-0.4, -0.2) is 14.7 Å². The summed E-state index contributed by atoms with van der Waals surface area (Å²) in [6, 6.07) is 6.59. The van der Waals surface area contributed by atoms with E-state index in [4.69, 9.17) is 19.2 Å². The molecule has 0 unspecified atom stereocenters. The molecular formula is C11H18NO4P. The predicted octanol–water partition coefficient (Wildman–Crippen LogP) is 1.75. The largest absolute Gasteiger partial charge is 0.466 e. The van der Waals surface area contributed by atoms with Gasteiger partial charge in [-0.3, -0.25) is 0 Å². The van der Waals surface area contributed by atoms with E-state index in [9.17, 15) is 0 Å². The van der Waals surface area contributed by atoms with E-state index in [2.05, 4.69) is 24.8 Å². The van der Waals surface area contributed by atoms with Gasteiger partial charge in [-0.15, -0.1) is 6.58 Å². The van der Waals surface area contributed by atoms with Crippen LogP contribution in [0.25, 0.3) is 0 Å². The molecule has 0 fully saturated rings. The predicted molar refractivity (Wildman–Crippen MR) is 67.0 cm³/mol. The summed E-state index contributed by atoms with van der Waals surface area (Å²) in [6.07, 6.45) is 5.57. The Kier molecular flexibility index (Phi) is 6.31. The molecule has 17 heavy (non-hydrogen) atoms. The van der Waals surface area contributed by atoms with Gasteiger partial charge in [-0.05, 0) is 36.0 Å². The fourth-order valence-corrected chi connectivity index (χ4v) is 1.67. The molecule has 96 valence electrons. The van der Waals surface area contributed by atoms with Gasteiger partial charge in [-0.1, -0.05) is 24.3 Å². The molecule has 6 N–H and O–H groups in total. The van der Waals surface area contributed by atoms with E-state index in [0.717, 1.165) is 6.42 Å². The van der Waals surface area contributed by atoms with Crippen LogP contribution in [0.3, 0.4) is 0 Å². The highest BCUT2D eigenvalue weighted by molar-refractivity contribution is 7.45. The second-order valence-corrected chi connectivity index (χ2v) is 4.59. The topological polar surface area (TPSA) is 113 Å². The maximum Gasteiger partial charge on any atom is 0.466 e. The van der Waals surface area contributed by atoms with Crippen LogP contribution in [0, 0.1) is 0 Å². The van der Waals surface area contributed by atoms with Gasteiger partial charge in [0.25, 0.3) is 0 Å². The average Bonchev–Trinajstić information content (AvgIpc) is 2.06. The van der Waals surface area contributed by atoms with Gasteiger partial charge in [0, 0.05) is 0 Å². The molecule has 0 amide bonds. The molecule has 0 saturated heterocycles. The number of allylic oxidation sites excluding steroid dienone is 1. The first-order valence-electron chi connectivity index (χ1n) is 4.90. The first-order chi connectivity index (χ1) is 7.42. The summed E-state index contributed by atoms with van der Waals surface area (Å²) in [4.78, 5) is 21.6. The molecule has 5 nitrogen and oxygen atoms in total. The smallest absolute Gasteiger partial charge is 0.344 e. The monoisotopic (exact) mass is 259 g/mol. The fourth-order valence-electron chi connectivity index (χ4n) is 1.67. The van der Waals surface area contributed by atoms with Crippen molar-refractivity contribution in [1.82, 2.24) is 6.15 Å². The molecule has 0 spiro atoms.